The molecule has 3 rings (SSSR count). The number of thiazole rings is 1. The molecule has 0 radical (unpaired) electrons. The van der Waals surface area contributed by atoms with Gasteiger partial charge < -0.3 is 15.1 Å². The number of nitriles is 1. The average Bonchev–Trinajstić information content (AvgIpc) is 3.10. The van der Waals surface area contributed by atoms with Crippen LogP contribution in [0.15, 0.2) is 21.4 Å². The molecule has 136 valence electrons. The van der Waals surface area contributed by atoms with Gasteiger partial charge in [-0.3, -0.25) is 4.79 Å². The number of aliphatic carboxylic acids is 1. The summed E-state index contributed by atoms with van der Waals surface area (Å²) in [6.45, 7) is 3.43. The zero-order chi connectivity index (χ0) is 19.0. The normalized spacial score (nSPS) is 26.0. The number of hydrogen-bond donors (Lipinski definition) is 2. The average molecular weight is 391 g/mol. The summed E-state index contributed by atoms with van der Waals surface area (Å²) in [5.41, 5.74) is 0.708. The first kappa shape index (κ1) is 18.6. The van der Waals surface area contributed by atoms with E-state index in [4.69, 9.17) is 5.26 Å². The molecule has 4 atom stereocenters. The van der Waals surface area contributed by atoms with E-state index in [0.717, 1.165) is 5.01 Å². The first-order valence-electron chi connectivity index (χ1n) is 8.00. The summed E-state index contributed by atoms with van der Waals surface area (Å²) in [7, 11) is 0. The van der Waals surface area contributed by atoms with Crippen LogP contribution in [0.25, 0.3) is 6.08 Å². The van der Waals surface area contributed by atoms with Gasteiger partial charge in [-0.25, -0.2) is 9.78 Å². The van der Waals surface area contributed by atoms with E-state index >= 15 is 0 Å². The van der Waals surface area contributed by atoms with E-state index in [0.29, 0.717) is 10.6 Å². The maximum atomic E-state index is 12.3. The minimum Gasteiger partial charge on any atom is -0.477 e. The Labute approximate surface area is 158 Å². The minimum absolute atomic E-state index is 0.00311. The summed E-state index contributed by atoms with van der Waals surface area (Å²) in [6, 6.07) is 1.73. The number of nitrogens with zero attached hydrogens (tertiary/aromatic N) is 3. The second kappa shape index (κ2) is 7.23. The highest BCUT2D eigenvalue weighted by atomic mass is 32.2. The van der Waals surface area contributed by atoms with Gasteiger partial charge in [0.05, 0.1) is 36.2 Å². The zero-order valence-electron chi connectivity index (χ0n) is 14.1. The number of amides is 1. The maximum Gasteiger partial charge on any atom is 0.353 e. The lowest BCUT2D eigenvalue weighted by Crippen LogP contribution is -2.63. The molecular weight excluding hydrogens is 374 g/mol. The molecule has 7 nitrogen and oxygen atoms in total. The second-order valence-electron chi connectivity index (χ2n) is 6.20. The summed E-state index contributed by atoms with van der Waals surface area (Å²) in [5, 5.41) is 32.3. The minimum atomic E-state index is -1.14. The molecule has 0 unspecified atom stereocenters. The van der Waals surface area contributed by atoms with Gasteiger partial charge in [0.2, 0.25) is 5.91 Å². The predicted molar refractivity (Wildman–Crippen MR) is 97.7 cm³/mol. The van der Waals surface area contributed by atoms with Crippen molar-refractivity contribution >= 4 is 41.1 Å². The van der Waals surface area contributed by atoms with Crippen molar-refractivity contribution in [2.24, 2.45) is 11.8 Å². The van der Waals surface area contributed by atoms with Crippen molar-refractivity contribution in [3.05, 3.63) is 32.1 Å². The fourth-order valence-corrected chi connectivity index (χ4v) is 5.20. The SMILES string of the molecule is C[C@@H](O)[C@H]1C(=O)N2C(C(=O)O)=C(SC=Cc3nc(CC#N)cs3)[C@H](C)[C@H]12. The van der Waals surface area contributed by atoms with Crippen LogP contribution in [0.3, 0.4) is 0 Å². The number of carbonyl (C=O) groups excluding carboxylic acids is 1. The van der Waals surface area contributed by atoms with Crippen LogP contribution in [-0.4, -0.2) is 44.1 Å². The fourth-order valence-electron chi connectivity index (χ4n) is 3.41. The topological polar surface area (TPSA) is 115 Å². The smallest absolute Gasteiger partial charge is 0.353 e. The Morgan fingerprint density at radius 2 is 2.35 bits per heavy atom. The monoisotopic (exact) mass is 391 g/mol. The number of fused-ring (bicyclic) bond motifs is 1. The Bertz CT molecular complexity index is 852. The number of hydrogen-bond acceptors (Lipinski definition) is 7. The Morgan fingerprint density at radius 3 is 2.96 bits per heavy atom. The van der Waals surface area contributed by atoms with Gasteiger partial charge in [-0.2, -0.15) is 5.26 Å². The molecule has 2 aliphatic heterocycles. The predicted octanol–water partition coefficient (Wildman–Crippen LogP) is 2.07. The molecule has 2 aliphatic rings. The Kier molecular flexibility index (Phi) is 5.18. The molecule has 9 heteroatoms. The van der Waals surface area contributed by atoms with E-state index in [1.54, 1.807) is 18.4 Å². The number of β-lactam (4-membered cyclic amide) rings is 1. The molecule has 1 amide bonds. The van der Waals surface area contributed by atoms with Crippen LogP contribution in [0, 0.1) is 23.2 Å². The number of aromatic nitrogens is 1. The van der Waals surface area contributed by atoms with Gasteiger partial charge in [-0.1, -0.05) is 18.7 Å². The number of thioether (sulfide) groups is 1. The van der Waals surface area contributed by atoms with Crippen molar-refractivity contribution in [3.63, 3.8) is 0 Å². The van der Waals surface area contributed by atoms with Gasteiger partial charge in [-0.05, 0) is 18.4 Å². The first-order valence-corrected chi connectivity index (χ1v) is 9.76. The van der Waals surface area contributed by atoms with Gasteiger partial charge in [0.15, 0.2) is 0 Å². The standard InChI is InChI=1S/C17H17N3O4S2/c1-8-13-12(9(2)21)16(22)20(13)14(17(23)24)15(8)25-6-4-11-19-10(3-5-18)7-26-11/h4,6-9,12-13,21H,3H2,1-2H3,(H,23,24)/t8-,9-,12-,13-/m1/s1. The Morgan fingerprint density at radius 1 is 1.62 bits per heavy atom. The molecule has 26 heavy (non-hydrogen) atoms. The highest BCUT2D eigenvalue weighted by Crippen LogP contribution is 2.50. The summed E-state index contributed by atoms with van der Waals surface area (Å²) < 4.78 is 0. The molecule has 0 spiro atoms. The molecular formula is C17H17N3O4S2. The molecule has 0 aliphatic carbocycles. The second-order valence-corrected chi connectivity index (χ2v) is 8.04. The van der Waals surface area contributed by atoms with Gasteiger partial charge in [0.25, 0.3) is 0 Å². The lowest BCUT2D eigenvalue weighted by atomic mass is 9.79. The van der Waals surface area contributed by atoms with Crippen LogP contribution in [-0.2, 0) is 16.0 Å². The number of carboxylic acid groups (broad SMARTS) is 1. The quantitative estimate of drug-likeness (QED) is 0.713. The molecule has 1 aromatic rings. The molecule has 0 bridgehead atoms. The maximum absolute atomic E-state index is 12.3. The largest absolute Gasteiger partial charge is 0.477 e. The van der Waals surface area contributed by atoms with Crippen LogP contribution < -0.4 is 0 Å². The number of carboxylic acids is 1. The molecule has 0 saturated carbocycles. The third-order valence-corrected chi connectivity index (χ3v) is 6.50. The Hall–Kier alpha value is -2.15. The van der Waals surface area contributed by atoms with E-state index in [1.165, 1.54) is 28.0 Å². The van der Waals surface area contributed by atoms with Crippen molar-refractivity contribution in [1.29, 1.82) is 5.26 Å². The van der Waals surface area contributed by atoms with E-state index in [1.807, 2.05) is 18.4 Å². The van der Waals surface area contributed by atoms with Crippen molar-refractivity contribution in [1.82, 2.24) is 9.88 Å². The third-order valence-electron chi connectivity index (χ3n) is 4.55. The van der Waals surface area contributed by atoms with Gasteiger partial charge >= 0.3 is 5.97 Å². The van der Waals surface area contributed by atoms with Gasteiger partial charge in [-0.15, -0.1) is 11.3 Å². The van der Waals surface area contributed by atoms with Crippen molar-refractivity contribution in [2.45, 2.75) is 32.4 Å². The summed E-state index contributed by atoms with van der Waals surface area (Å²) >= 11 is 2.66. The van der Waals surface area contributed by atoms with Crippen molar-refractivity contribution < 1.29 is 19.8 Å². The molecule has 3 heterocycles. The molecule has 1 fully saturated rings. The lowest BCUT2D eigenvalue weighted by Gasteiger charge is -2.46. The Balaban J connectivity index is 1.79. The molecule has 1 aromatic heterocycles. The van der Waals surface area contributed by atoms with Crippen LogP contribution in [0.2, 0.25) is 0 Å². The highest BCUT2D eigenvalue weighted by Gasteiger charge is 2.59. The number of aliphatic hydroxyl groups is 1. The first-order chi connectivity index (χ1) is 12.4. The van der Waals surface area contributed by atoms with E-state index in [-0.39, 0.29) is 30.0 Å². The summed E-state index contributed by atoms with van der Waals surface area (Å²) in [4.78, 5) is 30.1. The van der Waals surface area contributed by atoms with Gasteiger partial charge in [0.1, 0.15) is 10.7 Å². The summed E-state index contributed by atoms with van der Waals surface area (Å²) in [6.07, 6.45) is 1.20. The molecule has 2 N–H and O–H groups in total. The van der Waals surface area contributed by atoms with E-state index in [2.05, 4.69) is 4.98 Å². The number of carbonyl (C=O) groups is 2. The van der Waals surface area contributed by atoms with E-state index in [9.17, 15) is 19.8 Å². The van der Waals surface area contributed by atoms with Crippen LogP contribution >= 0.6 is 23.1 Å². The molecule has 1 saturated heterocycles. The van der Waals surface area contributed by atoms with E-state index < -0.39 is 18.0 Å². The molecule has 0 aromatic carbocycles. The number of rotatable bonds is 6. The zero-order valence-corrected chi connectivity index (χ0v) is 15.8. The van der Waals surface area contributed by atoms with Gasteiger partial charge in [0, 0.05) is 16.2 Å². The lowest BCUT2D eigenvalue weighted by molar-refractivity contribution is -0.163. The van der Waals surface area contributed by atoms with Crippen LogP contribution in [0.1, 0.15) is 24.5 Å². The van der Waals surface area contributed by atoms with Crippen molar-refractivity contribution in [3.8, 4) is 6.07 Å². The third kappa shape index (κ3) is 3.05. The fraction of sp³-hybridized carbons (Fsp3) is 0.412. The van der Waals surface area contributed by atoms with Crippen LogP contribution in [0.4, 0.5) is 0 Å². The summed E-state index contributed by atoms with van der Waals surface area (Å²) in [5.74, 6) is -2.21. The highest BCUT2D eigenvalue weighted by molar-refractivity contribution is 8.06. The van der Waals surface area contributed by atoms with Crippen LogP contribution in [0.5, 0.6) is 0 Å². The van der Waals surface area contributed by atoms with Crippen molar-refractivity contribution in [2.75, 3.05) is 0 Å². The number of aliphatic hydroxyl groups excluding tert-OH is 1.